The van der Waals surface area contributed by atoms with Crippen LogP contribution < -0.4 is 0 Å². The van der Waals surface area contributed by atoms with Crippen LogP contribution in [0.3, 0.4) is 0 Å². The van der Waals surface area contributed by atoms with Gasteiger partial charge in [-0.05, 0) is 37.6 Å². The van der Waals surface area contributed by atoms with E-state index in [4.69, 9.17) is 0 Å². The van der Waals surface area contributed by atoms with E-state index in [0.717, 1.165) is 24.5 Å². The molecule has 2 atom stereocenters. The molecule has 1 aromatic carbocycles. The molecule has 1 fully saturated rings. The van der Waals surface area contributed by atoms with Gasteiger partial charge in [0, 0.05) is 24.4 Å². The van der Waals surface area contributed by atoms with E-state index in [1.54, 1.807) is 0 Å². The van der Waals surface area contributed by atoms with Crippen LogP contribution in [0.4, 0.5) is 8.78 Å². The summed E-state index contributed by atoms with van der Waals surface area (Å²) in [5, 5.41) is 9.77. The first-order valence-corrected chi connectivity index (χ1v) is 8.87. The van der Waals surface area contributed by atoms with Crippen molar-refractivity contribution < 1.29 is 22.3 Å². The van der Waals surface area contributed by atoms with E-state index in [2.05, 4.69) is 0 Å². The Morgan fingerprint density at radius 1 is 1.38 bits per heavy atom. The Morgan fingerprint density at radius 2 is 2.10 bits per heavy atom. The SMILES string of the molecule is CS(=O)(=O)CCCN1C[C@H](O)C[C@@H]1c1cc(F)ccc1F. The molecule has 1 aliphatic rings. The Balaban J connectivity index is 2.11. The van der Waals surface area contributed by atoms with Gasteiger partial charge < -0.3 is 5.11 Å². The minimum absolute atomic E-state index is 0.0396. The van der Waals surface area contributed by atoms with Crippen molar-refractivity contribution in [3.8, 4) is 0 Å². The zero-order chi connectivity index (χ0) is 15.6. The van der Waals surface area contributed by atoms with Gasteiger partial charge >= 0.3 is 0 Å². The lowest BCUT2D eigenvalue weighted by atomic mass is 10.0. The van der Waals surface area contributed by atoms with Crippen molar-refractivity contribution in [1.29, 1.82) is 0 Å². The molecule has 7 heteroatoms. The summed E-state index contributed by atoms with van der Waals surface area (Å²) < 4.78 is 49.5. The van der Waals surface area contributed by atoms with Gasteiger partial charge in [-0.15, -0.1) is 0 Å². The zero-order valence-electron chi connectivity index (χ0n) is 11.8. The van der Waals surface area contributed by atoms with Crippen LogP contribution in [0.25, 0.3) is 0 Å². The molecule has 0 amide bonds. The Bertz CT molecular complexity index is 606. The van der Waals surface area contributed by atoms with E-state index in [-0.39, 0.29) is 11.3 Å². The predicted molar refractivity (Wildman–Crippen MR) is 75.6 cm³/mol. The van der Waals surface area contributed by atoms with Crippen molar-refractivity contribution in [3.05, 3.63) is 35.4 Å². The first-order valence-electron chi connectivity index (χ1n) is 6.81. The van der Waals surface area contributed by atoms with Crippen LogP contribution in [0.15, 0.2) is 18.2 Å². The van der Waals surface area contributed by atoms with Crippen LogP contribution >= 0.6 is 0 Å². The van der Waals surface area contributed by atoms with Gasteiger partial charge in [-0.25, -0.2) is 17.2 Å². The molecular formula is C14H19F2NO3S. The van der Waals surface area contributed by atoms with Crippen molar-refractivity contribution in [2.75, 3.05) is 25.1 Å². The summed E-state index contributed by atoms with van der Waals surface area (Å²) in [6.07, 6.45) is 1.27. The molecule has 0 aromatic heterocycles. The van der Waals surface area contributed by atoms with Gasteiger partial charge in [0.2, 0.25) is 0 Å². The molecular weight excluding hydrogens is 300 g/mol. The Hall–Kier alpha value is -1.05. The summed E-state index contributed by atoms with van der Waals surface area (Å²) in [4.78, 5) is 1.81. The monoisotopic (exact) mass is 319 g/mol. The van der Waals surface area contributed by atoms with Crippen molar-refractivity contribution in [1.82, 2.24) is 4.90 Å². The second-order valence-corrected chi connectivity index (χ2v) is 7.81. The van der Waals surface area contributed by atoms with Crippen LogP contribution in [0, 0.1) is 11.6 Å². The van der Waals surface area contributed by atoms with E-state index in [0.29, 0.717) is 25.9 Å². The normalized spacial score (nSPS) is 23.6. The van der Waals surface area contributed by atoms with Crippen molar-refractivity contribution in [2.24, 2.45) is 0 Å². The maximum absolute atomic E-state index is 13.9. The summed E-state index contributed by atoms with van der Waals surface area (Å²) in [6.45, 7) is 0.759. The van der Waals surface area contributed by atoms with Crippen molar-refractivity contribution in [3.63, 3.8) is 0 Å². The molecule has 0 saturated carbocycles. The molecule has 1 heterocycles. The molecule has 0 radical (unpaired) electrons. The first kappa shape index (κ1) is 16.3. The van der Waals surface area contributed by atoms with Crippen LogP contribution in [-0.2, 0) is 9.84 Å². The van der Waals surface area contributed by atoms with E-state index in [9.17, 15) is 22.3 Å². The van der Waals surface area contributed by atoms with Gasteiger partial charge in [0.15, 0.2) is 0 Å². The number of hydrogen-bond donors (Lipinski definition) is 1. The summed E-state index contributed by atoms with van der Waals surface area (Å²) in [5.41, 5.74) is 0.214. The number of aliphatic hydroxyl groups is 1. The number of aliphatic hydroxyl groups excluding tert-OH is 1. The highest BCUT2D eigenvalue weighted by Crippen LogP contribution is 2.34. The Morgan fingerprint density at radius 3 is 2.76 bits per heavy atom. The molecule has 0 unspecified atom stereocenters. The number of likely N-dealkylation sites (tertiary alicyclic amines) is 1. The number of halogens is 2. The quantitative estimate of drug-likeness (QED) is 0.894. The van der Waals surface area contributed by atoms with Gasteiger partial charge in [-0.2, -0.15) is 0 Å². The van der Waals surface area contributed by atoms with Crippen molar-refractivity contribution >= 4 is 9.84 Å². The Labute approximate surface area is 123 Å². The van der Waals surface area contributed by atoms with Crippen LogP contribution in [-0.4, -0.2) is 49.6 Å². The lowest BCUT2D eigenvalue weighted by Crippen LogP contribution is -2.27. The molecule has 1 aliphatic heterocycles. The van der Waals surface area contributed by atoms with Crippen molar-refractivity contribution in [2.45, 2.75) is 25.0 Å². The maximum atomic E-state index is 13.9. The summed E-state index contributed by atoms with van der Waals surface area (Å²) in [5.74, 6) is -0.995. The number of rotatable bonds is 5. The lowest BCUT2D eigenvalue weighted by molar-refractivity contribution is 0.175. The Kier molecular flexibility index (Phi) is 4.95. The molecule has 4 nitrogen and oxygen atoms in total. The topological polar surface area (TPSA) is 57.6 Å². The third kappa shape index (κ3) is 4.46. The highest BCUT2D eigenvalue weighted by molar-refractivity contribution is 7.90. The fourth-order valence-electron chi connectivity index (χ4n) is 2.75. The number of hydrogen-bond acceptors (Lipinski definition) is 4. The largest absolute Gasteiger partial charge is 0.392 e. The molecule has 1 saturated heterocycles. The van der Waals surface area contributed by atoms with Crippen LogP contribution in [0.5, 0.6) is 0 Å². The number of nitrogens with zero attached hydrogens (tertiary/aromatic N) is 1. The second kappa shape index (κ2) is 6.37. The second-order valence-electron chi connectivity index (χ2n) is 5.55. The molecule has 0 spiro atoms. The number of sulfone groups is 1. The van der Waals surface area contributed by atoms with E-state index < -0.39 is 33.6 Å². The minimum Gasteiger partial charge on any atom is -0.392 e. The highest BCUT2D eigenvalue weighted by atomic mass is 32.2. The molecule has 0 aliphatic carbocycles. The standard InChI is InChI=1S/C14H19F2NO3S/c1-21(19,20)6-2-5-17-9-11(18)8-14(17)12-7-10(15)3-4-13(12)16/h3-4,7,11,14,18H,2,5-6,8-9H2,1H3/t11-,14-/m1/s1. The summed E-state index contributed by atoms with van der Waals surface area (Å²) in [6, 6.07) is 2.85. The fraction of sp³-hybridized carbons (Fsp3) is 0.571. The third-order valence-electron chi connectivity index (χ3n) is 3.66. The third-order valence-corrected chi connectivity index (χ3v) is 4.69. The molecule has 118 valence electrons. The average molecular weight is 319 g/mol. The van der Waals surface area contributed by atoms with E-state index in [1.807, 2.05) is 4.90 Å². The average Bonchev–Trinajstić information content (AvgIpc) is 2.72. The van der Waals surface area contributed by atoms with Gasteiger partial charge in [0.25, 0.3) is 0 Å². The smallest absolute Gasteiger partial charge is 0.147 e. The van der Waals surface area contributed by atoms with Gasteiger partial charge in [-0.1, -0.05) is 0 Å². The molecule has 0 bridgehead atoms. The maximum Gasteiger partial charge on any atom is 0.147 e. The van der Waals surface area contributed by atoms with Crippen LogP contribution in [0.1, 0.15) is 24.4 Å². The van der Waals surface area contributed by atoms with E-state index >= 15 is 0 Å². The van der Waals surface area contributed by atoms with Gasteiger partial charge in [0.05, 0.1) is 11.9 Å². The molecule has 21 heavy (non-hydrogen) atoms. The van der Waals surface area contributed by atoms with Gasteiger partial charge in [0.1, 0.15) is 21.5 Å². The summed E-state index contributed by atoms with van der Waals surface area (Å²) in [7, 11) is -3.05. The molecule has 1 N–H and O–H groups in total. The zero-order valence-corrected chi connectivity index (χ0v) is 12.6. The minimum atomic E-state index is -3.05. The fourth-order valence-corrected chi connectivity index (χ4v) is 3.40. The van der Waals surface area contributed by atoms with E-state index in [1.165, 1.54) is 0 Å². The predicted octanol–water partition coefficient (Wildman–Crippen LogP) is 1.51. The number of β-amino-alcohol motifs (C(OH)–C–C–N with tert-alkyl or cyclic N) is 1. The van der Waals surface area contributed by atoms with Gasteiger partial charge in [-0.3, -0.25) is 4.90 Å². The summed E-state index contributed by atoms with van der Waals surface area (Å²) >= 11 is 0. The molecule has 1 aromatic rings. The lowest BCUT2D eigenvalue weighted by Gasteiger charge is -2.24. The van der Waals surface area contributed by atoms with Crippen LogP contribution in [0.2, 0.25) is 0 Å². The first-order chi connectivity index (χ1) is 9.76. The number of benzene rings is 1. The highest BCUT2D eigenvalue weighted by Gasteiger charge is 2.33. The molecule has 2 rings (SSSR count).